The molecule has 1 aliphatic heterocycles. The molecule has 0 aromatic heterocycles. The van der Waals surface area contributed by atoms with E-state index in [9.17, 15) is 31.9 Å². The molecule has 1 aliphatic carbocycles. The van der Waals surface area contributed by atoms with Crippen molar-refractivity contribution in [2.45, 2.75) is 50.0 Å². The minimum atomic E-state index is -5.10. The average molecular weight is 509 g/mol. The standard InChI is InChI=1S/C22H19Cl2F5N2O2/c1-10(32)30-16-5-2-11-8-12(3-4-13(11)16)31-7-6-21(20(31)33,22(27,28)29)14-9-15(23)19(26)17(24)18(14)25/h3-4,8-9,16,20,33H,2,5-7H2,1H3,(H,30,32). The van der Waals surface area contributed by atoms with Crippen molar-refractivity contribution in [2.75, 3.05) is 11.4 Å². The van der Waals surface area contributed by atoms with Crippen LogP contribution in [-0.2, 0) is 16.6 Å². The van der Waals surface area contributed by atoms with Crippen molar-refractivity contribution in [3.05, 3.63) is 62.6 Å². The van der Waals surface area contributed by atoms with E-state index in [1.807, 2.05) is 0 Å². The van der Waals surface area contributed by atoms with Crippen LogP contribution in [0.3, 0.4) is 0 Å². The first kappa shape index (κ1) is 24.0. The number of aryl methyl sites for hydroxylation is 1. The molecule has 1 amide bonds. The van der Waals surface area contributed by atoms with Crippen molar-refractivity contribution in [3.63, 3.8) is 0 Å². The summed E-state index contributed by atoms with van der Waals surface area (Å²) in [4.78, 5) is 12.5. The number of hydrogen-bond acceptors (Lipinski definition) is 3. The Balaban J connectivity index is 1.75. The number of benzene rings is 2. The van der Waals surface area contributed by atoms with Gasteiger partial charge in [-0.1, -0.05) is 29.3 Å². The van der Waals surface area contributed by atoms with E-state index in [-0.39, 0.29) is 18.5 Å². The van der Waals surface area contributed by atoms with Crippen LogP contribution in [0.25, 0.3) is 0 Å². The van der Waals surface area contributed by atoms with Gasteiger partial charge >= 0.3 is 6.18 Å². The number of hydrogen-bond donors (Lipinski definition) is 2. The summed E-state index contributed by atoms with van der Waals surface area (Å²) in [5.41, 5.74) is -2.07. The Bertz CT molecular complexity index is 1130. The first-order valence-corrected chi connectivity index (χ1v) is 10.9. The van der Waals surface area contributed by atoms with Crippen molar-refractivity contribution >= 4 is 34.8 Å². The molecule has 2 aliphatic rings. The van der Waals surface area contributed by atoms with Gasteiger partial charge in [-0.25, -0.2) is 8.78 Å². The lowest BCUT2D eigenvalue weighted by molar-refractivity contribution is -0.211. The molecule has 3 atom stereocenters. The molecule has 2 aromatic rings. The maximum absolute atomic E-state index is 14.8. The number of rotatable bonds is 3. The number of amides is 1. The monoisotopic (exact) mass is 508 g/mol. The Labute approximate surface area is 196 Å². The van der Waals surface area contributed by atoms with Crippen molar-refractivity contribution in [1.29, 1.82) is 0 Å². The minimum Gasteiger partial charge on any atom is -0.372 e. The zero-order valence-corrected chi connectivity index (χ0v) is 18.8. The third-order valence-corrected chi connectivity index (χ3v) is 7.09. The predicted molar refractivity (Wildman–Crippen MR) is 113 cm³/mol. The maximum Gasteiger partial charge on any atom is 0.402 e. The molecule has 4 rings (SSSR count). The third-order valence-electron chi connectivity index (χ3n) is 6.49. The normalized spacial score (nSPS) is 24.8. The van der Waals surface area contributed by atoms with Gasteiger partial charge in [0.15, 0.2) is 5.82 Å². The molecule has 1 heterocycles. The number of alkyl halides is 3. The number of aliphatic hydroxyl groups excluding tert-OH is 1. The van der Waals surface area contributed by atoms with E-state index in [0.29, 0.717) is 24.6 Å². The van der Waals surface area contributed by atoms with E-state index in [2.05, 4.69) is 5.32 Å². The number of nitrogens with one attached hydrogen (secondary N) is 1. The fraction of sp³-hybridized carbons (Fsp3) is 0.409. The van der Waals surface area contributed by atoms with Crippen LogP contribution in [0.2, 0.25) is 10.0 Å². The summed E-state index contributed by atoms with van der Waals surface area (Å²) in [5.74, 6) is -3.17. The fourth-order valence-electron chi connectivity index (χ4n) is 4.87. The van der Waals surface area contributed by atoms with Crippen LogP contribution in [0.5, 0.6) is 0 Å². The highest BCUT2D eigenvalue weighted by Gasteiger charge is 2.66. The molecule has 33 heavy (non-hydrogen) atoms. The summed E-state index contributed by atoms with van der Waals surface area (Å²) in [6.45, 7) is 1.15. The molecule has 0 spiro atoms. The van der Waals surface area contributed by atoms with Gasteiger partial charge in [-0.15, -0.1) is 0 Å². The number of fused-ring (bicyclic) bond motifs is 1. The number of halogens is 7. The first-order chi connectivity index (χ1) is 15.4. The van der Waals surface area contributed by atoms with Crippen molar-refractivity contribution in [2.24, 2.45) is 0 Å². The van der Waals surface area contributed by atoms with E-state index in [1.54, 1.807) is 18.2 Å². The SMILES string of the molecule is CC(=O)NC1CCc2cc(N3CCC(c4cc(Cl)c(F)c(Cl)c4F)(C(F)(F)F)C3O)ccc21. The van der Waals surface area contributed by atoms with Crippen molar-refractivity contribution in [1.82, 2.24) is 5.32 Å². The minimum absolute atomic E-state index is 0.193. The molecule has 3 unspecified atom stereocenters. The van der Waals surface area contributed by atoms with Crippen molar-refractivity contribution in [3.8, 4) is 0 Å². The van der Waals surface area contributed by atoms with Gasteiger partial charge in [-0.05, 0) is 48.6 Å². The molecule has 1 fully saturated rings. The highest BCUT2D eigenvalue weighted by Crippen LogP contribution is 2.54. The lowest BCUT2D eigenvalue weighted by Crippen LogP contribution is -2.53. The number of carbonyl (C=O) groups is 1. The molecule has 0 saturated carbocycles. The van der Waals surface area contributed by atoms with Crippen molar-refractivity contribution < 1.29 is 31.9 Å². The Hall–Kier alpha value is -2.10. The Morgan fingerprint density at radius 2 is 1.91 bits per heavy atom. The van der Waals surface area contributed by atoms with Crippen LogP contribution >= 0.6 is 23.2 Å². The molecule has 11 heteroatoms. The molecule has 178 valence electrons. The summed E-state index contributed by atoms with van der Waals surface area (Å²) < 4.78 is 71.9. The van der Waals surface area contributed by atoms with Gasteiger partial charge in [-0.3, -0.25) is 4.79 Å². The molecule has 0 radical (unpaired) electrons. The maximum atomic E-state index is 14.8. The number of aliphatic hydroxyl groups is 1. The molecular formula is C22H19Cl2F5N2O2. The molecule has 2 N–H and O–H groups in total. The summed E-state index contributed by atoms with van der Waals surface area (Å²) in [5, 5.41) is 11.8. The second kappa shape index (κ2) is 8.29. The van der Waals surface area contributed by atoms with Gasteiger partial charge in [0.05, 0.1) is 11.1 Å². The second-order valence-corrected chi connectivity index (χ2v) is 9.09. The second-order valence-electron chi connectivity index (χ2n) is 8.31. The number of nitrogens with zero attached hydrogens (tertiary/aromatic N) is 1. The summed E-state index contributed by atoms with van der Waals surface area (Å²) >= 11 is 11.2. The number of anilines is 1. The third kappa shape index (κ3) is 3.74. The Morgan fingerprint density at radius 3 is 2.55 bits per heavy atom. The topological polar surface area (TPSA) is 52.6 Å². The molecule has 4 nitrogen and oxygen atoms in total. The number of carbonyl (C=O) groups excluding carboxylic acids is 1. The zero-order chi connectivity index (χ0) is 24.3. The lowest BCUT2D eigenvalue weighted by Gasteiger charge is -2.37. The van der Waals surface area contributed by atoms with E-state index in [0.717, 1.165) is 16.0 Å². The average Bonchev–Trinajstić information content (AvgIpc) is 3.29. The largest absolute Gasteiger partial charge is 0.402 e. The molecular weight excluding hydrogens is 490 g/mol. The van der Waals surface area contributed by atoms with Crippen LogP contribution in [-0.4, -0.2) is 30.0 Å². The van der Waals surface area contributed by atoms with Crippen LogP contribution < -0.4 is 10.2 Å². The first-order valence-electron chi connectivity index (χ1n) is 10.1. The van der Waals surface area contributed by atoms with Gasteiger partial charge < -0.3 is 15.3 Å². The quantitative estimate of drug-likeness (QED) is 0.330. The van der Waals surface area contributed by atoms with E-state index in [4.69, 9.17) is 23.2 Å². The van der Waals surface area contributed by atoms with Crippen LogP contribution in [0.4, 0.5) is 27.6 Å². The van der Waals surface area contributed by atoms with Crippen LogP contribution in [0.15, 0.2) is 24.3 Å². The zero-order valence-electron chi connectivity index (χ0n) is 17.2. The highest BCUT2D eigenvalue weighted by atomic mass is 35.5. The summed E-state index contributed by atoms with van der Waals surface area (Å²) in [7, 11) is 0. The van der Waals surface area contributed by atoms with Gasteiger partial charge in [0, 0.05) is 24.7 Å². The van der Waals surface area contributed by atoms with E-state index >= 15 is 0 Å². The molecule has 0 bridgehead atoms. The van der Waals surface area contributed by atoms with E-state index in [1.165, 1.54) is 6.92 Å². The smallest absolute Gasteiger partial charge is 0.372 e. The Morgan fingerprint density at radius 1 is 1.21 bits per heavy atom. The summed E-state index contributed by atoms with van der Waals surface area (Å²) in [6, 6.07) is 5.26. The van der Waals surface area contributed by atoms with Gasteiger partial charge in [0.25, 0.3) is 0 Å². The Kier molecular flexibility index (Phi) is 6.04. The van der Waals surface area contributed by atoms with Gasteiger partial charge in [-0.2, -0.15) is 13.2 Å². The lowest BCUT2D eigenvalue weighted by atomic mass is 9.77. The van der Waals surface area contributed by atoms with Crippen LogP contribution in [0, 0.1) is 11.6 Å². The van der Waals surface area contributed by atoms with E-state index < -0.39 is 51.5 Å². The van der Waals surface area contributed by atoms with Crippen LogP contribution in [0.1, 0.15) is 42.5 Å². The predicted octanol–water partition coefficient (Wildman–Crippen LogP) is 5.42. The summed E-state index contributed by atoms with van der Waals surface area (Å²) in [6.07, 6.45) is -6.76. The molecule has 2 aromatic carbocycles. The highest BCUT2D eigenvalue weighted by molar-refractivity contribution is 6.35. The molecule has 1 saturated heterocycles. The van der Waals surface area contributed by atoms with Gasteiger partial charge in [0.2, 0.25) is 5.91 Å². The van der Waals surface area contributed by atoms with Gasteiger partial charge in [0.1, 0.15) is 22.5 Å². The fourth-order valence-corrected chi connectivity index (χ4v) is 5.33.